The van der Waals surface area contributed by atoms with Gasteiger partial charge in [-0.2, -0.15) is 5.26 Å². The predicted molar refractivity (Wildman–Crippen MR) is 109 cm³/mol. The average molecular weight is 412 g/mol. The Morgan fingerprint density at radius 3 is 2.87 bits per heavy atom. The van der Waals surface area contributed by atoms with Gasteiger partial charge in [0.1, 0.15) is 29.8 Å². The summed E-state index contributed by atoms with van der Waals surface area (Å²) in [5, 5.41) is 10.1. The molecule has 2 aliphatic rings. The summed E-state index contributed by atoms with van der Waals surface area (Å²) in [6, 6.07) is 8.97. The van der Waals surface area contributed by atoms with Gasteiger partial charge >= 0.3 is 0 Å². The Morgan fingerprint density at radius 2 is 2.13 bits per heavy atom. The van der Waals surface area contributed by atoms with Crippen LogP contribution in [0.2, 0.25) is 0 Å². The molecule has 0 N–H and O–H groups in total. The summed E-state index contributed by atoms with van der Waals surface area (Å²) in [5.74, 6) is 1.37. The second-order valence-corrected chi connectivity index (χ2v) is 7.81. The standard InChI is InChI=1S/C22H25FN4O3/c1-29-18-2-3-19-20(11-18)25-7-4-21(19)30-17-5-8-26(9-6-17)14-22(28)27-13-15(23)10-16(27)12-24/h2-4,7,11,15-17H,5-6,8-10,13-14H2,1H3. The smallest absolute Gasteiger partial charge is 0.237 e. The quantitative estimate of drug-likeness (QED) is 0.751. The van der Waals surface area contributed by atoms with E-state index in [1.807, 2.05) is 30.3 Å². The van der Waals surface area contributed by atoms with Crippen LogP contribution in [0.25, 0.3) is 10.9 Å². The van der Waals surface area contributed by atoms with Gasteiger partial charge in [-0.3, -0.25) is 14.7 Å². The number of carbonyl (C=O) groups excluding carboxylic acids is 1. The van der Waals surface area contributed by atoms with Crippen LogP contribution in [-0.2, 0) is 4.79 Å². The molecule has 0 spiro atoms. The highest BCUT2D eigenvalue weighted by Crippen LogP contribution is 2.29. The van der Waals surface area contributed by atoms with E-state index >= 15 is 0 Å². The van der Waals surface area contributed by atoms with Crippen molar-refractivity contribution in [3.63, 3.8) is 0 Å². The van der Waals surface area contributed by atoms with Crippen LogP contribution in [0, 0.1) is 11.3 Å². The first kappa shape index (κ1) is 20.4. The van der Waals surface area contributed by atoms with Crippen molar-refractivity contribution in [3.8, 4) is 17.6 Å². The molecule has 0 bridgehead atoms. The Morgan fingerprint density at radius 1 is 1.33 bits per heavy atom. The molecule has 0 aliphatic carbocycles. The van der Waals surface area contributed by atoms with Gasteiger partial charge in [-0.1, -0.05) is 0 Å². The van der Waals surface area contributed by atoms with Crippen LogP contribution in [0.15, 0.2) is 30.5 Å². The fraction of sp³-hybridized carbons (Fsp3) is 0.500. The third kappa shape index (κ3) is 4.31. The van der Waals surface area contributed by atoms with Crippen molar-refractivity contribution in [3.05, 3.63) is 30.5 Å². The molecule has 0 saturated carbocycles. The Bertz CT molecular complexity index is 955. The molecule has 2 aliphatic heterocycles. The zero-order valence-electron chi connectivity index (χ0n) is 17.0. The summed E-state index contributed by atoms with van der Waals surface area (Å²) in [6.07, 6.45) is 2.38. The lowest BCUT2D eigenvalue weighted by Crippen LogP contribution is -2.46. The van der Waals surface area contributed by atoms with Crippen molar-refractivity contribution in [2.45, 2.75) is 37.6 Å². The molecule has 2 saturated heterocycles. The van der Waals surface area contributed by atoms with Crippen molar-refractivity contribution < 1.29 is 18.7 Å². The van der Waals surface area contributed by atoms with Crippen molar-refractivity contribution in [2.75, 3.05) is 33.3 Å². The number of halogens is 1. The van der Waals surface area contributed by atoms with Gasteiger partial charge in [-0.15, -0.1) is 0 Å². The Balaban J connectivity index is 1.33. The van der Waals surface area contributed by atoms with E-state index in [0.717, 1.165) is 48.3 Å². The molecule has 2 atom stereocenters. The Hall–Kier alpha value is -2.92. The van der Waals surface area contributed by atoms with Crippen LogP contribution in [0.1, 0.15) is 19.3 Å². The summed E-state index contributed by atoms with van der Waals surface area (Å²) < 4.78 is 25.1. The first-order valence-electron chi connectivity index (χ1n) is 10.2. The monoisotopic (exact) mass is 412 g/mol. The number of aromatic nitrogens is 1. The summed E-state index contributed by atoms with van der Waals surface area (Å²) in [7, 11) is 1.63. The van der Waals surface area contributed by atoms with Crippen molar-refractivity contribution in [1.29, 1.82) is 5.26 Å². The molecule has 3 heterocycles. The highest BCUT2D eigenvalue weighted by atomic mass is 19.1. The topological polar surface area (TPSA) is 78.7 Å². The second kappa shape index (κ2) is 8.84. The molecular weight excluding hydrogens is 387 g/mol. The number of rotatable bonds is 5. The van der Waals surface area contributed by atoms with Crippen LogP contribution in [0.4, 0.5) is 4.39 Å². The van der Waals surface area contributed by atoms with Gasteiger partial charge in [-0.25, -0.2) is 4.39 Å². The van der Waals surface area contributed by atoms with Gasteiger partial charge in [0.25, 0.3) is 0 Å². The van der Waals surface area contributed by atoms with E-state index in [9.17, 15) is 9.18 Å². The number of amides is 1. The third-order valence-corrected chi connectivity index (χ3v) is 5.82. The Labute approximate surface area is 175 Å². The molecule has 8 heteroatoms. The highest BCUT2D eigenvalue weighted by molar-refractivity contribution is 5.86. The van der Waals surface area contributed by atoms with Gasteiger partial charge in [-0.05, 0) is 31.0 Å². The summed E-state index contributed by atoms with van der Waals surface area (Å²) in [5.41, 5.74) is 0.818. The molecular formula is C22H25FN4O3. The first-order chi connectivity index (χ1) is 14.6. The number of hydrogen-bond acceptors (Lipinski definition) is 6. The lowest BCUT2D eigenvalue weighted by molar-refractivity contribution is -0.133. The molecule has 2 aromatic rings. The van der Waals surface area contributed by atoms with Crippen LogP contribution < -0.4 is 9.47 Å². The number of nitrogens with zero attached hydrogens (tertiary/aromatic N) is 4. The number of alkyl halides is 1. The minimum absolute atomic E-state index is 0.0243. The van der Waals surface area contributed by atoms with Gasteiger partial charge in [0.15, 0.2) is 0 Å². The maximum absolute atomic E-state index is 13.6. The fourth-order valence-corrected chi connectivity index (χ4v) is 4.16. The van der Waals surface area contributed by atoms with Crippen LogP contribution >= 0.6 is 0 Å². The third-order valence-electron chi connectivity index (χ3n) is 5.82. The minimum Gasteiger partial charge on any atom is -0.497 e. The molecule has 4 rings (SSSR count). The number of carbonyl (C=O) groups is 1. The number of pyridine rings is 1. The van der Waals surface area contributed by atoms with E-state index in [-0.39, 0.29) is 31.5 Å². The van der Waals surface area contributed by atoms with Gasteiger partial charge in [0.2, 0.25) is 5.91 Å². The maximum Gasteiger partial charge on any atom is 0.237 e. The number of likely N-dealkylation sites (tertiary alicyclic amines) is 2. The van der Waals surface area contributed by atoms with E-state index in [4.69, 9.17) is 14.7 Å². The number of hydrogen-bond donors (Lipinski definition) is 0. The van der Waals surface area contributed by atoms with Crippen LogP contribution in [0.3, 0.4) is 0 Å². The van der Waals surface area contributed by atoms with Gasteiger partial charge in [0, 0.05) is 37.2 Å². The number of ether oxygens (including phenoxy) is 2. The minimum atomic E-state index is -1.10. The SMILES string of the molecule is COc1ccc2c(OC3CCN(CC(=O)N4CC(F)CC4C#N)CC3)ccnc2c1. The molecule has 2 unspecified atom stereocenters. The van der Waals surface area contributed by atoms with Crippen molar-refractivity contribution >= 4 is 16.8 Å². The van der Waals surface area contributed by atoms with E-state index in [1.54, 1.807) is 13.3 Å². The van der Waals surface area contributed by atoms with Gasteiger partial charge < -0.3 is 14.4 Å². The molecule has 7 nitrogen and oxygen atoms in total. The molecule has 2 fully saturated rings. The van der Waals surface area contributed by atoms with E-state index in [1.165, 1.54) is 4.90 Å². The number of methoxy groups -OCH3 is 1. The maximum atomic E-state index is 13.6. The Kier molecular flexibility index (Phi) is 6.00. The van der Waals surface area contributed by atoms with Crippen LogP contribution in [-0.4, -0.2) is 72.3 Å². The highest BCUT2D eigenvalue weighted by Gasteiger charge is 2.36. The average Bonchev–Trinajstić information content (AvgIpc) is 3.16. The van der Waals surface area contributed by atoms with Crippen LogP contribution in [0.5, 0.6) is 11.5 Å². The van der Waals surface area contributed by atoms with Crippen molar-refractivity contribution in [1.82, 2.24) is 14.8 Å². The van der Waals surface area contributed by atoms with E-state index in [0.29, 0.717) is 0 Å². The molecule has 1 aromatic heterocycles. The molecule has 1 aromatic carbocycles. The molecule has 0 radical (unpaired) electrons. The fourth-order valence-electron chi connectivity index (χ4n) is 4.16. The summed E-state index contributed by atoms with van der Waals surface area (Å²) in [6.45, 7) is 1.68. The molecule has 1 amide bonds. The number of piperidine rings is 1. The molecule has 158 valence electrons. The zero-order chi connectivity index (χ0) is 21.1. The molecule has 30 heavy (non-hydrogen) atoms. The number of fused-ring (bicyclic) bond motifs is 1. The van der Waals surface area contributed by atoms with E-state index < -0.39 is 12.2 Å². The van der Waals surface area contributed by atoms with Crippen molar-refractivity contribution in [2.24, 2.45) is 0 Å². The lowest BCUT2D eigenvalue weighted by Gasteiger charge is -2.33. The van der Waals surface area contributed by atoms with E-state index in [2.05, 4.69) is 9.88 Å². The summed E-state index contributed by atoms with van der Waals surface area (Å²) >= 11 is 0. The second-order valence-electron chi connectivity index (χ2n) is 7.81. The summed E-state index contributed by atoms with van der Waals surface area (Å²) in [4.78, 5) is 20.3. The first-order valence-corrected chi connectivity index (χ1v) is 10.2. The normalized spacial score (nSPS) is 22.8. The number of nitriles is 1. The largest absolute Gasteiger partial charge is 0.497 e. The predicted octanol–water partition coefficient (Wildman–Crippen LogP) is 2.55. The zero-order valence-corrected chi connectivity index (χ0v) is 17.0. The lowest BCUT2D eigenvalue weighted by atomic mass is 10.1. The number of benzene rings is 1. The van der Waals surface area contributed by atoms with Gasteiger partial charge in [0.05, 0.1) is 31.8 Å².